The third-order valence-corrected chi connectivity index (χ3v) is 9.62. The van der Waals surface area contributed by atoms with Gasteiger partial charge in [-0.1, -0.05) is 0 Å². The number of nitrogens with zero attached hydrogens (tertiary/aromatic N) is 2. The summed E-state index contributed by atoms with van der Waals surface area (Å²) < 4.78 is 24.7. The SMILES string of the molecule is N#C[C@@H]1CCCN2CCCC3([C@H]12)S(=O)CCCS3=O. The molecule has 4 nitrogen and oxygen atoms in total. The fourth-order valence-electron chi connectivity index (χ4n) is 3.98. The van der Waals surface area contributed by atoms with Gasteiger partial charge in [-0.25, -0.2) is 0 Å². The van der Waals surface area contributed by atoms with Crippen molar-refractivity contribution in [1.29, 1.82) is 5.26 Å². The first-order valence-corrected chi connectivity index (χ1v) is 9.74. The number of piperidine rings is 2. The molecule has 106 valence electrons. The van der Waals surface area contributed by atoms with Crippen LogP contribution in [0.1, 0.15) is 32.1 Å². The van der Waals surface area contributed by atoms with Gasteiger partial charge in [0.05, 0.1) is 18.0 Å². The summed E-state index contributed by atoms with van der Waals surface area (Å²) in [6, 6.07) is 2.37. The summed E-state index contributed by atoms with van der Waals surface area (Å²) in [5, 5.41) is 9.44. The van der Waals surface area contributed by atoms with Crippen LogP contribution >= 0.6 is 0 Å². The van der Waals surface area contributed by atoms with Crippen LogP contribution < -0.4 is 0 Å². The number of hydrogen-bond acceptors (Lipinski definition) is 4. The maximum absolute atomic E-state index is 12.7. The highest BCUT2D eigenvalue weighted by atomic mass is 32.2. The van der Waals surface area contributed by atoms with Crippen molar-refractivity contribution in [3.63, 3.8) is 0 Å². The Morgan fingerprint density at radius 1 is 1.11 bits per heavy atom. The van der Waals surface area contributed by atoms with Crippen LogP contribution in [0.25, 0.3) is 0 Å². The molecule has 3 aliphatic heterocycles. The molecular formula is C13H20N2O2S2. The van der Waals surface area contributed by atoms with Gasteiger partial charge in [0, 0.05) is 33.1 Å². The fourth-order valence-corrected chi connectivity index (χ4v) is 8.91. The van der Waals surface area contributed by atoms with Crippen molar-refractivity contribution in [2.24, 2.45) is 5.92 Å². The first kappa shape index (κ1) is 13.7. The second kappa shape index (κ2) is 5.27. The summed E-state index contributed by atoms with van der Waals surface area (Å²) in [5.74, 6) is 1.22. The molecular weight excluding hydrogens is 280 g/mol. The molecule has 0 N–H and O–H groups in total. The average Bonchev–Trinajstić information content (AvgIpc) is 2.44. The summed E-state index contributed by atoms with van der Waals surface area (Å²) in [7, 11) is -2.10. The van der Waals surface area contributed by atoms with E-state index in [9.17, 15) is 13.7 Å². The van der Waals surface area contributed by atoms with Crippen molar-refractivity contribution in [3.05, 3.63) is 0 Å². The Morgan fingerprint density at radius 3 is 2.47 bits per heavy atom. The third kappa shape index (κ3) is 2.01. The Bertz CT molecular complexity index is 442. The second-order valence-electron chi connectivity index (χ2n) is 5.73. The van der Waals surface area contributed by atoms with E-state index in [0.717, 1.165) is 45.2 Å². The van der Waals surface area contributed by atoms with E-state index in [4.69, 9.17) is 0 Å². The maximum Gasteiger partial charge on any atom is 0.137 e. The zero-order valence-corrected chi connectivity index (χ0v) is 12.7. The number of rotatable bonds is 0. The van der Waals surface area contributed by atoms with E-state index in [0.29, 0.717) is 11.5 Å². The van der Waals surface area contributed by atoms with Gasteiger partial charge in [0.1, 0.15) is 4.08 Å². The Hall–Kier alpha value is -0.250. The largest absolute Gasteiger partial charge is 0.297 e. The highest BCUT2D eigenvalue weighted by Gasteiger charge is 2.58. The Balaban J connectivity index is 2.04. The van der Waals surface area contributed by atoms with Gasteiger partial charge < -0.3 is 0 Å². The third-order valence-electron chi connectivity index (χ3n) is 4.75. The highest BCUT2D eigenvalue weighted by Crippen LogP contribution is 2.45. The summed E-state index contributed by atoms with van der Waals surface area (Å²) in [4.78, 5) is 2.31. The van der Waals surface area contributed by atoms with Gasteiger partial charge in [-0.2, -0.15) is 5.26 Å². The number of hydrogen-bond donors (Lipinski definition) is 0. The standard InChI is InChI=1S/C13H20N2O2S2/c14-10-11-4-1-6-15-7-2-5-13(12(11)15)18(16)8-3-9-19(13)17/h11-12H,1-9H2/t11-,12-,13?,18?,19?/m0/s1. The highest BCUT2D eigenvalue weighted by molar-refractivity contribution is 8.05. The lowest BCUT2D eigenvalue weighted by Gasteiger charge is -2.53. The van der Waals surface area contributed by atoms with E-state index in [-0.39, 0.29) is 12.0 Å². The summed E-state index contributed by atoms with van der Waals surface area (Å²) in [6.07, 6.45) is 4.43. The molecule has 6 heteroatoms. The molecule has 3 aliphatic rings. The minimum absolute atomic E-state index is 0.0398. The van der Waals surface area contributed by atoms with Crippen molar-refractivity contribution in [1.82, 2.24) is 4.90 Å². The first-order valence-electron chi connectivity index (χ1n) is 7.11. The lowest BCUT2D eigenvalue weighted by molar-refractivity contribution is 0.0743. The van der Waals surface area contributed by atoms with Crippen LogP contribution in [0.5, 0.6) is 0 Å². The molecule has 0 amide bonds. The smallest absolute Gasteiger partial charge is 0.137 e. The van der Waals surface area contributed by atoms with E-state index in [1.807, 2.05) is 0 Å². The normalized spacial score (nSPS) is 47.5. The van der Waals surface area contributed by atoms with Gasteiger partial charge in [-0.05, 0) is 45.2 Å². The minimum Gasteiger partial charge on any atom is -0.297 e. The topological polar surface area (TPSA) is 61.2 Å². The predicted octanol–water partition coefficient (Wildman–Crippen LogP) is 0.982. The maximum atomic E-state index is 12.7. The number of fused-ring (bicyclic) bond motifs is 2. The number of nitriles is 1. The molecule has 0 aromatic heterocycles. The van der Waals surface area contributed by atoms with Crippen molar-refractivity contribution >= 4 is 21.6 Å². The van der Waals surface area contributed by atoms with Crippen molar-refractivity contribution in [2.45, 2.75) is 42.2 Å². The fraction of sp³-hybridized carbons (Fsp3) is 0.923. The minimum atomic E-state index is -1.05. The molecule has 0 saturated carbocycles. The molecule has 2 unspecified atom stereocenters. The molecule has 3 saturated heterocycles. The van der Waals surface area contributed by atoms with E-state index in [1.165, 1.54) is 0 Å². The zero-order valence-electron chi connectivity index (χ0n) is 11.0. The van der Waals surface area contributed by atoms with Crippen LogP contribution in [0.4, 0.5) is 0 Å². The summed E-state index contributed by atoms with van der Waals surface area (Å²) >= 11 is 0. The van der Waals surface area contributed by atoms with Gasteiger partial charge in [-0.3, -0.25) is 13.3 Å². The predicted molar refractivity (Wildman–Crippen MR) is 76.3 cm³/mol. The van der Waals surface area contributed by atoms with E-state index in [2.05, 4.69) is 11.0 Å². The van der Waals surface area contributed by atoms with Gasteiger partial charge in [0.25, 0.3) is 0 Å². The van der Waals surface area contributed by atoms with E-state index < -0.39 is 25.7 Å². The lowest BCUT2D eigenvalue weighted by atomic mass is 9.83. The van der Waals surface area contributed by atoms with Crippen molar-refractivity contribution in [3.8, 4) is 6.07 Å². The molecule has 4 atom stereocenters. The molecule has 3 rings (SSSR count). The molecule has 0 bridgehead atoms. The van der Waals surface area contributed by atoms with Gasteiger partial charge in [0.2, 0.25) is 0 Å². The molecule has 0 aromatic carbocycles. The molecule has 0 aliphatic carbocycles. The Labute approximate surface area is 119 Å². The first-order chi connectivity index (χ1) is 9.20. The van der Waals surface area contributed by atoms with Crippen LogP contribution in [0, 0.1) is 17.2 Å². The molecule has 19 heavy (non-hydrogen) atoms. The van der Waals surface area contributed by atoms with Crippen LogP contribution in [0.2, 0.25) is 0 Å². The van der Waals surface area contributed by atoms with Crippen LogP contribution in [-0.2, 0) is 21.6 Å². The van der Waals surface area contributed by atoms with Crippen molar-refractivity contribution in [2.75, 3.05) is 24.6 Å². The monoisotopic (exact) mass is 300 g/mol. The van der Waals surface area contributed by atoms with Crippen LogP contribution in [-0.4, -0.2) is 48.0 Å². The molecule has 1 spiro atoms. The molecule has 3 heterocycles. The molecule has 3 fully saturated rings. The summed E-state index contributed by atoms with van der Waals surface area (Å²) in [6.45, 7) is 1.94. The van der Waals surface area contributed by atoms with Crippen molar-refractivity contribution < 1.29 is 8.42 Å². The molecule has 0 aromatic rings. The van der Waals surface area contributed by atoms with Crippen LogP contribution in [0.15, 0.2) is 0 Å². The Kier molecular flexibility index (Phi) is 3.80. The van der Waals surface area contributed by atoms with E-state index in [1.54, 1.807) is 0 Å². The quantitative estimate of drug-likeness (QED) is 0.669. The lowest BCUT2D eigenvalue weighted by Crippen LogP contribution is -2.66. The van der Waals surface area contributed by atoms with Crippen LogP contribution in [0.3, 0.4) is 0 Å². The average molecular weight is 300 g/mol. The molecule has 0 radical (unpaired) electrons. The van der Waals surface area contributed by atoms with E-state index >= 15 is 0 Å². The van der Waals surface area contributed by atoms with Gasteiger partial charge >= 0.3 is 0 Å². The Morgan fingerprint density at radius 2 is 1.79 bits per heavy atom. The zero-order chi connectivity index (χ0) is 13.5. The van der Waals surface area contributed by atoms with Gasteiger partial charge in [0.15, 0.2) is 0 Å². The second-order valence-corrected chi connectivity index (χ2v) is 9.64. The summed E-state index contributed by atoms with van der Waals surface area (Å²) in [5.41, 5.74) is 0. The van der Waals surface area contributed by atoms with Gasteiger partial charge in [-0.15, -0.1) is 0 Å².